The molecule has 0 atom stereocenters. The van der Waals surface area contributed by atoms with E-state index in [0.29, 0.717) is 12.8 Å². The molecule has 5 heteroatoms. The molecule has 0 amide bonds. The van der Waals surface area contributed by atoms with Gasteiger partial charge in [0.15, 0.2) is 0 Å². The summed E-state index contributed by atoms with van der Waals surface area (Å²) in [6.07, 6.45) is 58.8. The average molecular weight is 721 g/mol. The zero-order valence-electron chi connectivity index (χ0n) is 33.3. The Balaban J connectivity index is 3.61. The van der Waals surface area contributed by atoms with Crippen LogP contribution in [-0.2, 0) is 19.1 Å². The largest absolute Gasteiger partial charge is 0.463 e. The summed E-state index contributed by atoms with van der Waals surface area (Å²) in [6, 6.07) is 0. The first-order valence-electron chi connectivity index (χ1n) is 20.8. The minimum Gasteiger partial charge on any atom is -0.463 e. The van der Waals surface area contributed by atoms with Crippen molar-refractivity contribution in [2.24, 2.45) is 0 Å². The van der Waals surface area contributed by atoms with Gasteiger partial charge in [0, 0.05) is 12.8 Å². The lowest BCUT2D eigenvalue weighted by Gasteiger charge is -2.12. The normalized spacial score (nSPS) is 12.7. The Hall–Kier alpha value is -3.18. The van der Waals surface area contributed by atoms with Crippen LogP contribution in [0.5, 0.6) is 0 Å². The van der Waals surface area contributed by atoms with E-state index in [0.717, 1.165) is 89.9 Å². The second-order valence-electron chi connectivity index (χ2n) is 13.4. The summed E-state index contributed by atoms with van der Waals surface area (Å²) in [6.45, 7) is 4.17. The van der Waals surface area contributed by atoms with E-state index in [9.17, 15) is 14.7 Å². The Bertz CT molecular complexity index is 960. The Labute approximate surface area is 319 Å². The molecule has 0 aliphatic rings. The fourth-order valence-corrected chi connectivity index (χ4v) is 5.11. The van der Waals surface area contributed by atoms with E-state index in [-0.39, 0.29) is 25.2 Å². The number of aliphatic hydroxyl groups is 1. The third-order valence-electron chi connectivity index (χ3n) is 8.29. The molecule has 5 nitrogen and oxygen atoms in total. The first-order valence-corrected chi connectivity index (χ1v) is 20.8. The monoisotopic (exact) mass is 721 g/mol. The Kier molecular flexibility index (Phi) is 39.7. The zero-order chi connectivity index (χ0) is 37.8. The molecule has 0 spiro atoms. The Morgan fingerprint density at radius 2 is 0.673 bits per heavy atom. The van der Waals surface area contributed by atoms with Gasteiger partial charge in [0.25, 0.3) is 0 Å². The highest BCUT2D eigenvalue weighted by Gasteiger charge is 2.12. The van der Waals surface area contributed by atoms with Crippen molar-refractivity contribution in [3.63, 3.8) is 0 Å². The van der Waals surface area contributed by atoms with Crippen LogP contribution in [0.15, 0.2) is 97.2 Å². The van der Waals surface area contributed by atoms with Gasteiger partial charge < -0.3 is 14.6 Å². The van der Waals surface area contributed by atoms with Gasteiger partial charge in [-0.05, 0) is 103 Å². The molecule has 0 aliphatic heterocycles. The molecule has 52 heavy (non-hydrogen) atoms. The van der Waals surface area contributed by atoms with Crippen LogP contribution in [-0.4, -0.2) is 36.4 Å². The lowest BCUT2D eigenvalue weighted by Crippen LogP contribution is -2.25. The van der Waals surface area contributed by atoms with E-state index in [2.05, 4.69) is 111 Å². The molecule has 0 aromatic carbocycles. The average Bonchev–Trinajstić information content (AvgIpc) is 3.15. The SMILES string of the molecule is CCCCC/C=C\C/C=C\C/C=C\C/C=C\CCCCCC(=O)OCC(O)COC(=O)CCCCC/C=C\C/C=C\C/C=C\C/C=C\CCCCC. The van der Waals surface area contributed by atoms with Crippen LogP contribution < -0.4 is 0 Å². The van der Waals surface area contributed by atoms with Crippen molar-refractivity contribution in [2.75, 3.05) is 13.2 Å². The fourth-order valence-electron chi connectivity index (χ4n) is 5.11. The minimum atomic E-state index is -0.997. The first-order chi connectivity index (χ1) is 25.6. The molecule has 0 unspecified atom stereocenters. The van der Waals surface area contributed by atoms with Crippen LogP contribution in [0.25, 0.3) is 0 Å². The smallest absolute Gasteiger partial charge is 0.305 e. The predicted molar refractivity (Wildman–Crippen MR) is 223 cm³/mol. The van der Waals surface area contributed by atoms with Crippen molar-refractivity contribution in [1.82, 2.24) is 0 Å². The number of carbonyl (C=O) groups excluding carboxylic acids is 2. The van der Waals surface area contributed by atoms with Gasteiger partial charge in [-0.15, -0.1) is 0 Å². The summed E-state index contributed by atoms with van der Waals surface area (Å²) >= 11 is 0. The number of unbranched alkanes of at least 4 members (excludes halogenated alkanes) is 12. The molecule has 0 heterocycles. The van der Waals surface area contributed by atoms with Crippen molar-refractivity contribution in [3.05, 3.63) is 97.2 Å². The molecule has 0 radical (unpaired) electrons. The van der Waals surface area contributed by atoms with E-state index in [1.807, 2.05) is 0 Å². The molecule has 0 bridgehead atoms. The fraction of sp³-hybridized carbons (Fsp3) is 0.617. The molecule has 0 aromatic rings. The Morgan fingerprint density at radius 3 is 0.962 bits per heavy atom. The number of rotatable bonds is 36. The van der Waals surface area contributed by atoms with Gasteiger partial charge in [-0.1, -0.05) is 150 Å². The van der Waals surface area contributed by atoms with E-state index in [1.165, 1.54) is 51.4 Å². The second-order valence-corrected chi connectivity index (χ2v) is 13.4. The molecule has 0 fully saturated rings. The quantitative estimate of drug-likeness (QED) is 0.0396. The van der Waals surface area contributed by atoms with Crippen LogP contribution in [0.2, 0.25) is 0 Å². The maximum Gasteiger partial charge on any atom is 0.305 e. The lowest BCUT2D eigenvalue weighted by atomic mass is 10.1. The van der Waals surface area contributed by atoms with Gasteiger partial charge in [-0.2, -0.15) is 0 Å². The van der Waals surface area contributed by atoms with Crippen LogP contribution in [0.3, 0.4) is 0 Å². The number of ether oxygens (including phenoxy) is 2. The van der Waals surface area contributed by atoms with E-state index in [4.69, 9.17) is 9.47 Å². The highest BCUT2D eigenvalue weighted by Crippen LogP contribution is 2.08. The maximum atomic E-state index is 12.0. The van der Waals surface area contributed by atoms with Crippen molar-refractivity contribution in [3.8, 4) is 0 Å². The van der Waals surface area contributed by atoms with Gasteiger partial charge >= 0.3 is 11.9 Å². The van der Waals surface area contributed by atoms with Crippen LogP contribution >= 0.6 is 0 Å². The van der Waals surface area contributed by atoms with Crippen LogP contribution in [0.4, 0.5) is 0 Å². The molecular weight excluding hydrogens is 645 g/mol. The number of esters is 2. The van der Waals surface area contributed by atoms with Crippen molar-refractivity contribution >= 4 is 11.9 Å². The van der Waals surface area contributed by atoms with Gasteiger partial charge in [0.1, 0.15) is 19.3 Å². The third kappa shape index (κ3) is 41.2. The maximum absolute atomic E-state index is 12.0. The highest BCUT2D eigenvalue weighted by atomic mass is 16.6. The summed E-state index contributed by atoms with van der Waals surface area (Å²) < 4.78 is 10.3. The Morgan fingerprint density at radius 1 is 0.404 bits per heavy atom. The standard InChI is InChI=1S/C47H76O5/c1-3-5-7-9-11-13-15-17-19-21-23-25-27-29-31-33-35-37-39-41-46(49)51-43-45(48)44-52-47(50)42-40-38-36-34-32-30-28-26-24-22-20-18-16-14-12-10-8-6-4-2/h11-14,17-20,23-26,29-32,45,48H,3-10,15-16,21-22,27-28,33-44H2,1-2H3/b13-11-,14-12-,19-17-,20-18-,25-23-,26-24-,31-29-,32-30-. The highest BCUT2D eigenvalue weighted by molar-refractivity contribution is 5.69. The van der Waals surface area contributed by atoms with Gasteiger partial charge in [-0.25, -0.2) is 0 Å². The summed E-state index contributed by atoms with van der Waals surface area (Å²) in [5.41, 5.74) is 0. The van der Waals surface area contributed by atoms with Crippen molar-refractivity contribution < 1.29 is 24.2 Å². The number of hydrogen-bond donors (Lipinski definition) is 1. The molecule has 0 aliphatic carbocycles. The van der Waals surface area contributed by atoms with E-state index in [1.54, 1.807) is 0 Å². The zero-order valence-corrected chi connectivity index (χ0v) is 33.3. The molecule has 0 saturated carbocycles. The number of hydrogen-bond acceptors (Lipinski definition) is 5. The van der Waals surface area contributed by atoms with E-state index >= 15 is 0 Å². The minimum absolute atomic E-state index is 0.149. The number of allylic oxidation sites excluding steroid dienone is 16. The lowest BCUT2D eigenvalue weighted by molar-refractivity contribution is -0.152. The molecule has 0 aromatic heterocycles. The third-order valence-corrected chi connectivity index (χ3v) is 8.29. The molecule has 0 saturated heterocycles. The second kappa shape index (κ2) is 42.2. The molecule has 0 rings (SSSR count). The molecule has 294 valence electrons. The van der Waals surface area contributed by atoms with Gasteiger partial charge in [0.05, 0.1) is 0 Å². The predicted octanol–water partition coefficient (Wildman–Crippen LogP) is 13.3. The number of carbonyl (C=O) groups is 2. The molecular formula is C47H76O5. The van der Waals surface area contributed by atoms with Crippen LogP contribution in [0.1, 0.15) is 168 Å². The topological polar surface area (TPSA) is 72.8 Å². The van der Waals surface area contributed by atoms with Crippen molar-refractivity contribution in [1.29, 1.82) is 0 Å². The van der Waals surface area contributed by atoms with Crippen LogP contribution in [0, 0.1) is 0 Å². The summed E-state index contributed by atoms with van der Waals surface area (Å²) in [4.78, 5) is 24.0. The van der Waals surface area contributed by atoms with Gasteiger partial charge in [-0.3, -0.25) is 9.59 Å². The first kappa shape index (κ1) is 48.8. The van der Waals surface area contributed by atoms with Gasteiger partial charge in [0.2, 0.25) is 0 Å². The summed E-state index contributed by atoms with van der Waals surface area (Å²) in [5, 5.41) is 10.0. The summed E-state index contributed by atoms with van der Waals surface area (Å²) in [7, 11) is 0. The number of aliphatic hydroxyl groups excluding tert-OH is 1. The molecule has 1 N–H and O–H groups in total. The van der Waals surface area contributed by atoms with E-state index < -0.39 is 6.10 Å². The summed E-state index contributed by atoms with van der Waals surface area (Å²) in [5.74, 6) is -0.644. The van der Waals surface area contributed by atoms with Crippen molar-refractivity contribution in [2.45, 2.75) is 174 Å².